The number of carbonyl (C=O) groups excluding carboxylic acids is 1. The summed E-state index contributed by atoms with van der Waals surface area (Å²) in [7, 11) is 0. The van der Waals surface area contributed by atoms with E-state index < -0.39 is 0 Å². The van der Waals surface area contributed by atoms with E-state index in [1.165, 1.54) is 33.4 Å². The van der Waals surface area contributed by atoms with Gasteiger partial charge in [-0.2, -0.15) is 0 Å². The van der Waals surface area contributed by atoms with E-state index in [9.17, 15) is 4.79 Å². The summed E-state index contributed by atoms with van der Waals surface area (Å²) in [6.45, 7) is 4.09. The van der Waals surface area contributed by atoms with E-state index in [0.717, 1.165) is 32.4 Å². The maximum absolute atomic E-state index is 12.8. The van der Waals surface area contributed by atoms with Crippen molar-refractivity contribution in [2.45, 2.75) is 32.1 Å². The van der Waals surface area contributed by atoms with Gasteiger partial charge in [-0.15, -0.1) is 0 Å². The van der Waals surface area contributed by atoms with E-state index in [1.807, 2.05) is 4.90 Å². The number of rotatable bonds is 4. The van der Waals surface area contributed by atoms with Crippen molar-refractivity contribution in [1.29, 1.82) is 0 Å². The van der Waals surface area contributed by atoms with Gasteiger partial charge in [0.1, 0.15) is 6.61 Å². The lowest BCUT2D eigenvalue weighted by atomic mass is 9.90. The molecule has 1 fully saturated rings. The highest BCUT2D eigenvalue weighted by Crippen LogP contribution is 2.44. The zero-order valence-corrected chi connectivity index (χ0v) is 18.1. The number of likely N-dealkylation sites (tertiary alicyclic amines) is 1. The van der Waals surface area contributed by atoms with E-state index >= 15 is 0 Å². The summed E-state index contributed by atoms with van der Waals surface area (Å²) in [6.07, 6.45) is 3.00. The largest absolute Gasteiger partial charge is 0.448 e. The lowest BCUT2D eigenvalue weighted by Gasteiger charge is -2.31. The Labute approximate surface area is 184 Å². The average molecular weight is 412 g/mol. The zero-order valence-electron chi connectivity index (χ0n) is 18.1. The van der Waals surface area contributed by atoms with Gasteiger partial charge in [0.25, 0.3) is 0 Å². The van der Waals surface area contributed by atoms with E-state index in [-0.39, 0.29) is 12.0 Å². The molecule has 2 aliphatic rings. The van der Waals surface area contributed by atoms with Crippen LogP contribution in [0.1, 0.15) is 41.0 Å². The lowest BCUT2D eigenvalue weighted by Crippen LogP contribution is -2.39. The van der Waals surface area contributed by atoms with E-state index in [0.29, 0.717) is 12.5 Å². The Morgan fingerprint density at radius 3 is 2.06 bits per heavy atom. The van der Waals surface area contributed by atoms with Crippen LogP contribution in [-0.4, -0.2) is 30.7 Å². The molecule has 1 aliphatic carbocycles. The van der Waals surface area contributed by atoms with Gasteiger partial charge in [0.15, 0.2) is 0 Å². The SMILES string of the molecule is Cc1ccc(CC2CCN(C(=O)OCC3c4ccccc4-c4ccccc43)CC2)cc1. The number of ether oxygens (including phenoxy) is 1. The number of fused-ring (bicyclic) bond motifs is 3. The van der Waals surface area contributed by atoms with Crippen LogP contribution in [-0.2, 0) is 11.2 Å². The third-order valence-corrected chi connectivity index (χ3v) is 6.85. The van der Waals surface area contributed by atoms with E-state index in [4.69, 9.17) is 4.74 Å². The molecular formula is C28H29NO2. The van der Waals surface area contributed by atoms with Gasteiger partial charge in [-0.3, -0.25) is 0 Å². The molecule has 0 spiro atoms. The second-order valence-electron chi connectivity index (χ2n) is 8.92. The van der Waals surface area contributed by atoms with Crippen molar-refractivity contribution >= 4 is 6.09 Å². The summed E-state index contributed by atoms with van der Waals surface area (Å²) in [5.41, 5.74) is 7.73. The monoisotopic (exact) mass is 411 g/mol. The minimum atomic E-state index is -0.171. The Morgan fingerprint density at radius 2 is 1.45 bits per heavy atom. The first-order valence-electron chi connectivity index (χ1n) is 11.3. The number of hydrogen-bond acceptors (Lipinski definition) is 2. The molecule has 5 rings (SSSR count). The number of nitrogens with zero attached hydrogens (tertiary/aromatic N) is 1. The van der Waals surface area contributed by atoms with Gasteiger partial charge in [0.2, 0.25) is 0 Å². The van der Waals surface area contributed by atoms with Gasteiger partial charge in [-0.05, 0) is 59.9 Å². The molecule has 3 nitrogen and oxygen atoms in total. The minimum absolute atomic E-state index is 0.121. The molecule has 0 aromatic heterocycles. The molecule has 0 bridgehead atoms. The predicted octanol–water partition coefficient (Wildman–Crippen LogP) is 6.20. The van der Waals surface area contributed by atoms with Gasteiger partial charge in [-0.25, -0.2) is 4.79 Å². The second kappa shape index (κ2) is 8.58. The van der Waals surface area contributed by atoms with Crippen molar-refractivity contribution in [1.82, 2.24) is 4.90 Å². The van der Waals surface area contributed by atoms with Crippen LogP contribution in [0.2, 0.25) is 0 Å². The van der Waals surface area contributed by atoms with Crippen LogP contribution in [0.4, 0.5) is 4.79 Å². The smallest absolute Gasteiger partial charge is 0.409 e. The van der Waals surface area contributed by atoms with Crippen LogP contribution in [0.5, 0.6) is 0 Å². The molecule has 31 heavy (non-hydrogen) atoms. The maximum atomic E-state index is 12.8. The highest BCUT2D eigenvalue weighted by atomic mass is 16.6. The van der Waals surface area contributed by atoms with Gasteiger partial charge in [-0.1, -0.05) is 78.4 Å². The van der Waals surface area contributed by atoms with Crippen molar-refractivity contribution in [3.63, 3.8) is 0 Å². The lowest BCUT2D eigenvalue weighted by molar-refractivity contribution is 0.0856. The molecule has 1 amide bonds. The van der Waals surface area contributed by atoms with Gasteiger partial charge in [0, 0.05) is 19.0 Å². The standard InChI is InChI=1S/C28H29NO2/c1-20-10-12-21(13-11-20)18-22-14-16-29(17-15-22)28(30)31-19-27-25-8-4-2-6-23(25)24-7-3-5-9-26(24)27/h2-13,22,27H,14-19H2,1H3. The van der Waals surface area contributed by atoms with Crippen LogP contribution < -0.4 is 0 Å². The fraction of sp³-hybridized carbons (Fsp3) is 0.321. The van der Waals surface area contributed by atoms with E-state index in [1.54, 1.807) is 0 Å². The number of hydrogen-bond donors (Lipinski definition) is 0. The Balaban J connectivity index is 1.17. The number of carbonyl (C=O) groups is 1. The highest BCUT2D eigenvalue weighted by molar-refractivity contribution is 5.79. The fourth-order valence-corrected chi connectivity index (χ4v) is 5.06. The third kappa shape index (κ3) is 4.10. The summed E-state index contributed by atoms with van der Waals surface area (Å²) < 4.78 is 5.83. The summed E-state index contributed by atoms with van der Waals surface area (Å²) in [5, 5.41) is 0. The molecule has 0 radical (unpaired) electrons. The molecule has 0 atom stereocenters. The second-order valence-corrected chi connectivity index (χ2v) is 8.92. The van der Waals surface area contributed by atoms with Crippen molar-refractivity contribution in [3.05, 3.63) is 95.1 Å². The maximum Gasteiger partial charge on any atom is 0.409 e. The van der Waals surface area contributed by atoms with Crippen LogP contribution >= 0.6 is 0 Å². The molecule has 3 aromatic rings. The average Bonchev–Trinajstić information content (AvgIpc) is 3.13. The molecule has 1 aliphatic heterocycles. The first-order valence-corrected chi connectivity index (χ1v) is 11.3. The van der Waals surface area contributed by atoms with Gasteiger partial charge < -0.3 is 9.64 Å². The molecule has 0 unspecified atom stereocenters. The van der Waals surface area contributed by atoms with Crippen LogP contribution in [0.3, 0.4) is 0 Å². The predicted molar refractivity (Wildman–Crippen MR) is 124 cm³/mol. The van der Waals surface area contributed by atoms with Gasteiger partial charge in [0.05, 0.1) is 0 Å². The number of aryl methyl sites for hydroxylation is 1. The summed E-state index contributed by atoms with van der Waals surface area (Å²) in [6, 6.07) is 25.7. The third-order valence-electron chi connectivity index (χ3n) is 6.85. The zero-order chi connectivity index (χ0) is 21.2. The Bertz CT molecular complexity index is 1020. The minimum Gasteiger partial charge on any atom is -0.448 e. The number of piperidine rings is 1. The quantitative estimate of drug-likeness (QED) is 0.512. The topological polar surface area (TPSA) is 29.5 Å². The molecule has 3 heteroatoms. The number of benzene rings is 3. The molecule has 0 saturated carbocycles. The Kier molecular flexibility index (Phi) is 5.50. The molecule has 0 N–H and O–H groups in total. The molecule has 3 aromatic carbocycles. The molecule has 1 saturated heterocycles. The molecular weight excluding hydrogens is 382 g/mol. The van der Waals surface area contributed by atoms with Crippen molar-refractivity contribution < 1.29 is 9.53 Å². The van der Waals surface area contributed by atoms with Gasteiger partial charge >= 0.3 is 6.09 Å². The number of amides is 1. The summed E-state index contributed by atoms with van der Waals surface area (Å²) in [5.74, 6) is 0.760. The normalized spacial score (nSPS) is 16.1. The first-order chi connectivity index (χ1) is 15.2. The van der Waals surface area contributed by atoms with Crippen molar-refractivity contribution in [2.75, 3.05) is 19.7 Å². The Morgan fingerprint density at radius 1 is 0.871 bits per heavy atom. The Hall–Kier alpha value is -3.07. The first kappa shape index (κ1) is 19.9. The van der Waals surface area contributed by atoms with Crippen molar-refractivity contribution in [3.8, 4) is 11.1 Å². The molecule has 1 heterocycles. The summed E-state index contributed by atoms with van der Waals surface area (Å²) >= 11 is 0. The highest BCUT2D eigenvalue weighted by Gasteiger charge is 2.30. The van der Waals surface area contributed by atoms with Crippen LogP contribution in [0, 0.1) is 12.8 Å². The van der Waals surface area contributed by atoms with Crippen molar-refractivity contribution in [2.24, 2.45) is 5.92 Å². The fourth-order valence-electron chi connectivity index (χ4n) is 5.06. The molecule has 158 valence electrons. The van der Waals surface area contributed by atoms with E-state index in [2.05, 4.69) is 79.7 Å². The summed E-state index contributed by atoms with van der Waals surface area (Å²) in [4.78, 5) is 14.7. The van der Waals surface area contributed by atoms with Crippen LogP contribution in [0.25, 0.3) is 11.1 Å². The van der Waals surface area contributed by atoms with Crippen LogP contribution in [0.15, 0.2) is 72.8 Å².